The monoisotopic (exact) mass is 273 g/mol. The highest BCUT2D eigenvalue weighted by Crippen LogP contribution is 2.36. The van der Waals surface area contributed by atoms with Gasteiger partial charge in [-0.05, 0) is 60.3 Å². The number of thiophene rings is 1. The van der Waals surface area contributed by atoms with E-state index >= 15 is 0 Å². The van der Waals surface area contributed by atoms with Gasteiger partial charge in [0.15, 0.2) is 0 Å². The summed E-state index contributed by atoms with van der Waals surface area (Å²) in [4.78, 5) is 3.08. The van der Waals surface area contributed by atoms with Crippen molar-refractivity contribution in [3.8, 4) is 0 Å². The number of hydrogen-bond acceptors (Lipinski definition) is 2. The molecule has 78 valence electrons. The molecule has 0 atom stereocenters. The van der Waals surface area contributed by atoms with Crippen molar-refractivity contribution in [3.05, 3.63) is 20.3 Å². The Labute approximate surface area is 98.0 Å². The van der Waals surface area contributed by atoms with Crippen molar-refractivity contribution < 1.29 is 0 Å². The second kappa shape index (κ2) is 4.77. The maximum Gasteiger partial charge on any atom is 0.0317 e. The van der Waals surface area contributed by atoms with Gasteiger partial charge >= 0.3 is 0 Å². The van der Waals surface area contributed by atoms with Gasteiger partial charge in [-0.3, -0.25) is 0 Å². The Hall–Kier alpha value is 0.140. The van der Waals surface area contributed by atoms with Crippen LogP contribution in [0.1, 0.15) is 35.4 Å². The zero-order chi connectivity index (χ0) is 9.97. The quantitative estimate of drug-likeness (QED) is 0.869. The summed E-state index contributed by atoms with van der Waals surface area (Å²) < 4.78 is 1.32. The average Bonchev–Trinajstić information content (AvgIpc) is 2.61. The molecule has 3 heteroatoms. The topological polar surface area (TPSA) is 12.0 Å². The van der Waals surface area contributed by atoms with Crippen LogP contribution in [0.2, 0.25) is 0 Å². The van der Waals surface area contributed by atoms with E-state index < -0.39 is 0 Å². The van der Waals surface area contributed by atoms with Gasteiger partial charge in [0.1, 0.15) is 0 Å². The van der Waals surface area contributed by atoms with Gasteiger partial charge in [0, 0.05) is 14.2 Å². The highest BCUT2D eigenvalue weighted by Gasteiger charge is 2.18. The lowest BCUT2D eigenvalue weighted by Crippen LogP contribution is -2.26. The van der Waals surface area contributed by atoms with Crippen LogP contribution in [-0.2, 0) is 6.42 Å². The van der Waals surface area contributed by atoms with Crippen LogP contribution < -0.4 is 5.32 Å². The van der Waals surface area contributed by atoms with Crippen molar-refractivity contribution in [1.82, 2.24) is 5.32 Å². The molecule has 1 N–H and O–H groups in total. The van der Waals surface area contributed by atoms with Crippen LogP contribution in [0, 0.1) is 0 Å². The lowest BCUT2D eigenvalue weighted by atomic mass is 9.97. The van der Waals surface area contributed by atoms with E-state index in [-0.39, 0.29) is 0 Å². The predicted molar refractivity (Wildman–Crippen MR) is 66.2 cm³/mol. The van der Waals surface area contributed by atoms with E-state index in [1.165, 1.54) is 35.3 Å². The minimum Gasteiger partial charge on any atom is -0.317 e. The number of aryl methyl sites for hydroxylation is 1. The highest BCUT2D eigenvalue weighted by atomic mass is 79.9. The first-order valence-corrected chi connectivity index (χ1v) is 6.91. The van der Waals surface area contributed by atoms with E-state index in [1.54, 1.807) is 4.88 Å². The van der Waals surface area contributed by atoms with E-state index in [2.05, 4.69) is 34.2 Å². The summed E-state index contributed by atoms with van der Waals surface area (Å²) in [6.45, 7) is 4.59. The molecule has 0 unspecified atom stereocenters. The van der Waals surface area contributed by atoms with Gasteiger partial charge in [-0.25, -0.2) is 0 Å². The van der Waals surface area contributed by atoms with Crippen LogP contribution in [0.25, 0.3) is 0 Å². The SMILES string of the molecule is CCc1sc(C2CCNCC2)cc1Br. The molecule has 1 aliphatic heterocycles. The Kier molecular flexibility index (Phi) is 3.63. The minimum atomic E-state index is 0.804. The molecular weight excluding hydrogens is 258 g/mol. The van der Waals surface area contributed by atoms with Crippen molar-refractivity contribution in [2.45, 2.75) is 32.1 Å². The molecule has 1 aliphatic rings. The normalized spacial score (nSPS) is 18.7. The molecule has 1 nitrogen and oxygen atoms in total. The van der Waals surface area contributed by atoms with Crippen molar-refractivity contribution in [3.63, 3.8) is 0 Å². The van der Waals surface area contributed by atoms with E-state index in [9.17, 15) is 0 Å². The molecule has 0 aromatic carbocycles. The van der Waals surface area contributed by atoms with Crippen LogP contribution in [0.4, 0.5) is 0 Å². The number of nitrogens with one attached hydrogen (secondary N) is 1. The second-order valence-corrected chi connectivity index (χ2v) is 5.82. The molecule has 0 saturated carbocycles. The molecule has 14 heavy (non-hydrogen) atoms. The molecule has 1 aromatic heterocycles. The molecule has 1 fully saturated rings. The summed E-state index contributed by atoms with van der Waals surface area (Å²) in [6.07, 6.45) is 3.75. The van der Waals surface area contributed by atoms with Gasteiger partial charge in [-0.15, -0.1) is 11.3 Å². The molecule has 0 aliphatic carbocycles. The lowest BCUT2D eigenvalue weighted by Gasteiger charge is -2.21. The van der Waals surface area contributed by atoms with E-state index in [0.29, 0.717) is 0 Å². The first kappa shape index (κ1) is 10.7. The molecule has 0 radical (unpaired) electrons. The Morgan fingerprint density at radius 3 is 2.79 bits per heavy atom. The predicted octanol–water partition coefficient (Wildman–Crippen LogP) is 3.54. The number of rotatable bonds is 2. The van der Waals surface area contributed by atoms with Gasteiger partial charge in [0.2, 0.25) is 0 Å². The zero-order valence-electron chi connectivity index (χ0n) is 8.48. The first-order valence-electron chi connectivity index (χ1n) is 5.30. The van der Waals surface area contributed by atoms with Crippen LogP contribution >= 0.6 is 27.3 Å². The highest BCUT2D eigenvalue weighted by molar-refractivity contribution is 9.10. The summed E-state index contributed by atoms with van der Waals surface area (Å²) >= 11 is 5.63. The molecule has 0 spiro atoms. The molecule has 0 amide bonds. The van der Waals surface area contributed by atoms with Gasteiger partial charge in [0.25, 0.3) is 0 Å². The largest absolute Gasteiger partial charge is 0.317 e. The summed E-state index contributed by atoms with van der Waals surface area (Å²) in [5.74, 6) is 0.804. The Bertz CT molecular complexity index is 302. The second-order valence-electron chi connectivity index (χ2n) is 3.80. The van der Waals surface area contributed by atoms with Crippen molar-refractivity contribution in [1.29, 1.82) is 0 Å². The smallest absolute Gasteiger partial charge is 0.0317 e. The summed E-state index contributed by atoms with van der Waals surface area (Å²) in [5, 5.41) is 3.41. The lowest BCUT2D eigenvalue weighted by molar-refractivity contribution is 0.465. The molecule has 1 aromatic rings. The molecule has 0 bridgehead atoms. The Balaban J connectivity index is 2.14. The van der Waals surface area contributed by atoms with Crippen molar-refractivity contribution in [2.75, 3.05) is 13.1 Å². The third kappa shape index (κ3) is 2.20. The van der Waals surface area contributed by atoms with Crippen molar-refractivity contribution >= 4 is 27.3 Å². The minimum absolute atomic E-state index is 0.804. The standard InChI is InChI=1S/C11H16BrNS/c1-2-10-9(12)7-11(14-10)8-3-5-13-6-4-8/h7-8,13H,2-6H2,1H3. The van der Waals surface area contributed by atoms with E-state index in [1.807, 2.05) is 11.3 Å². The third-order valence-corrected chi connectivity index (χ3v) is 5.25. The number of halogens is 1. The maximum absolute atomic E-state index is 3.64. The molecule has 1 saturated heterocycles. The molecule has 2 heterocycles. The zero-order valence-corrected chi connectivity index (χ0v) is 10.9. The maximum atomic E-state index is 3.64. The van der Waals surface area contributed by atoms with Crippen molar-refractivity contribution in [2.24, 2.45) is 0 Å². The Morgan fingerprint density at radius 2 is 2.21 bits per heavy atom. The van der Waals surface area contributed by atoms with Crippen LogP contribution in [0.15, 0.2) is 10.5 Å². The van der Waals surface area contributed by atoms with Crippen LogP contribution in [0.3, 0.4) is 0 Å². The average molecular weight is 274 g/mol. The third-order valence-electron chi connectivity index (χ3n) is 2.84. The van der Waals surface area contributed by atoms with Gasteiger partial charge < -0.3 is 5.32 Å². The fourth-order valence-corrected chi connectivity index (χ4v) is 4.06. The van der Waals surface area contributed by atoms with Gasteiger partial charge in [0.05, 0.1) is 0 Å². The van der Waals surface area contributed by atoms with E-state index in [0.717, 1.165) is 12.3 Å². The van der Waals surface area contributed by atoms with Crippen LogP contribution in [0.5, 0.6) is 0 Å². The van der Waals surface area contributed by atoms with E-state index in [4.69, 9.17) is 0 Å². The van der Waals surface area contributed by atoms with Gasteiger partial charge in [-0.1, -0.05) is 6.92 Å². The summed E-state index contributed by atoms with van der Waals surface area (Å²) in [7, 11) is 0. The summed E-state index contributed by atoms with van der Waals surface area (Å²) in [5.41, 5.74) is 0. The van der Waals surface area contributed by atoms with Gasteiger partial charge in [-0.2, -0.15) is 0 Å². The fourth-order valence-electron chi connectivity index (χ4n) is 1.97. The first-order chi connectivity index (χ1) is 6.81. The number of hydrogen-bond donors (Lipinski definition) is 1. The molecular formula is C11H16BrNS. The fraction of sp³-hybridized carbons (Fsp3) is 0.636. The molecule has 2 rings (SSSR count). The summed E-state index contributed by atoms with van der Waals surface area (Å²) in [6, 6.07) is 2.33. The van der Waals surface area contributed by atoms with Crippen LogP contribution in [-0.4, -0.2) is 13.1 Å². The Morgan fingerprint density at radius 1 is 1.50 bits per heavy atom. The number of piperidine rings is 1.